The number of nitrogens with two attached hydrogens (primary N) is 1. The van der Waals surface area contributed by atoms with Crippen LogP contribution in [-0.4, -0.2) is 24.4 Å². The molecule has 1 atom stereocenters. The van der Waals surface area contributed by atoms with E-state index < -0.39 is 0 Å². The van der Waals surface area contributed by atoms with Gasteiger partial charge in [0.1, 0.15) is 0 Å². The van der Waals surface area contributed by atoms with Crippen molar-refractivity contribution < 1.29 is 4.79 Å². The van der Waals surface area contributed by atoms with Gasteiger partial charge in [0.15, 0.2) is 0 Å². The van der Waals surface area contributed by atoms with Crippen LogP contribution in [0.3, 0.4) is 0 Å². The number of rotatable bonds is 4. The Labute approximate surface area is 96.2 Å². The fraction of sp³-hybridized carbons (Fsp3) is 0.462. The van der Waals surface area contributed by atoms with Crippen molar-refractivity contribution in [2.45, 2.75) is 25.3 Å². The number of hydrogen-bond acceptors (Lipinski definition) is 2. The molecule has 0 bridgehead atoms. The van der Waals surface area contributed by atoms with E-state index in [0.29, 0.717) is 12.5 Å². The molecule has 0 heterocycles. The van der Waals surface area contributed by atoms with Crippen LogP contribution < -0.4 is 5.73 Å². The predicted molar refractivity (Wildman–Crippen MR) is 63.9 cm³/mol. The van der Waals surface area contributed by atoms with Crippen LogP contribution in [0.4, 0.5) is 0 Å². The van der Waals surface area contributed by atoms with Gasteiger partial charge in [-0.25, -0.2) is 0 Å². The summed E-state index contributed by atoms with van der Waals surface area (Å²) in [5.74, 6) is -0.224. The number of benzene rings is 1. The Bertz CT molecular complexity index is 389. The molecule has 2 N–H and O–H groups in total. The molecule has 2 rings (SSSR count). The van der Waals surface area contributed by atoms with Gasteiger partial charge in [0.05, 0.1) is 0 Å². The number of hydrogen-bond donors (Lipinski definition) is 1. The first-order valence-electron chi connectivity index (χ1n) is 5.75. The number of primary amides is 1. The molecule has 1 aliphatic rings. The second-order valence-electron chi connectivity index (χ2n) is 4.45. The average molecular weight is 218 g/mol. The quantitative estimate of drug-likeness (QED) is 0.832. The van der Waals surface area contributed by atoms with Gasteiger partial charge in [0.2, 0.25) is 5.91 Å². The lowest BCUT2D eigenvalue weighted by atomic mass is 10.1. The molecule has 0 unspecified atom stereocenters. The first-order valence-corrected chi connectivity index (χ1v) is 5.75. The van der Waals surface area contributed by atoms with Crippen molar-refractivity contribution in [1.82, 2.24) is 4.90 Å². The highest BCUT2D eigenvalue weighted by molar-refractivity contribution is 5.73. The summed E-state index contributed by atoms with van der Waals surface area (Å²) in [4.78, 5) is 13.0. The molecule has 16 heavy (non-hydrogen) atoms. The first-order chi connectivity index (χ1) is 7.68. The summed E-state index contributed by atoms with van der Waals surface area (Å²) in [6.45, 7) is 0.744. The van der Waals surface area contributed by atoms with Gasteiger partial charge in [-0.1, -0.05) is 24.3 Å². The van der Waals surface area contributed by atoms with Crippen molar-refractivity contribution >= 4 is 5.91 Å². The van der Waals surface area contributed by atoms with Crippen LogP contribution in [0, 0.1) is 0 Å². The Kier molecular flexibility index (Phi) is 3.25. The van der Waals surface area contributed by atoms with Gasteiger partial charge < -0.3 is 5.73 Å². The minimum Gasteiger partial charge on any atom is -0.370 e. The van der Waals surface area contributed by atoms with Crippen LogP contribution in [0.1, 0.15) is 30.0 Å². The summed E-state index contributed by atoms with van der Waals surface area (Å²) in [5, 5.41) is 0. The highest BCUT2D eigenvalue weighted by Gasteiger charge is 2.25. The zero-order valence-corrected chi connectivity index (χ0v) is 9.65. The van der Waals surface area contributed by atoms with Gasteiger partial charge in [-0.05, 0) is 31.0 Å². The molecule has 0 fully saturated rings. The van der Waals surface area contributed by atoms with E-state index in [4.69, 9.17) is 5.73 Å². The van der Waals surface area contributed by atoms with E-state index in [0.717, 1.165) is 19.4 Å². The lowest BCUT2D eigenvalue weighted by molar-refractivity contribution is -0.118. The Hall–Kier alpha value is -1.35. The molecular weight excluding hydrogens is 200 g/mol. The lowest BCUT2D eigenvalue weighted by Gasteiger charge is -2.24. The van der Waals surface area contributed by atoms with Gasteiger partial charge >= 0.3 is 0 Å². The van der Waals surface area contributed by atoms with E-state index in [9.17, 15) is 4.79 Å². The average Bonchev–Trinajstić information content (AvgIpc) is 2.69. The monoisotopic (exact) mass is 218 g/mol. The van der Waals surface area contributed by atoms with E-state index in [1.807, 2.05) is 0 Å². The maximum Gasteiger partial charge on any atom is 0.218 e. The van der Waals surface area contributed by atoms with Crippen LogP contribution in [0.25, 0.3) is 0 Å². The van der Waals surface area contributed by atoms with Gasteiger partial charge in [-0.15, -0.1) is 0 Å². The van der Waals surface area contributed by atoms with E-state index in [-0.39, 0.29) is 5.91 Å². The van der Waals surface area contributed by atoms with Crippen molar-refractivity contribution in [2.24, 2.45) is 5.73 Å². The van der Waals surface area contributed by atoms with Crippen LogP contribution in [0.5, 0.6) is 0 Å². The van der Waals surface area contributed by atoms with Crippen LogP contribution >= 0.6 is 0 Å². The van der Waals surface area contributed by atoms with Crippen molar-refractivity contribution in [2.75, 3.05) is 13.6 Å². The molecule has 1 aromatic rings. The highest BCUT2D eigenvalue weighted by Crippen LogP contribution is 2.34. The zero-order valence-electron chi connectivity index (χ0n) is 9.65. The third-order valence-corrected chi connectivity index (χ3v) is 3.34. The predicted octanol–water partition coefficient (Wildman–Crippen LogP) is 1.48. The minimum absolute atomic E-state index is 0.224. The third kappa shape index (κ3) is 2.25. The summed E-state index contributed by atoms with van der Waals surface area (Å²) in [5.41, 5.74) is 8.02. The van der Waals surface area contributed by atoms with Crippen LogP contribution in [-0.2, 0) is 11.2 Å². The zero-order chi connectivity index (χ0) is 11.5. The fourth-order valence-electron chi connectivity index (χ4n) is 2.43. The number of fused-ring (bicyclic) bond motifs is 1. The number of carbonyl (C=O) groups is 1. The molecule has 0 saturated carbocycles. The summed E-state index contributed by atoms with van der Waals surface area (Å²) >= 11 is 0. The summed E-state index contributed by atoms with van der Waals surface area (Å²) in [7, 11) is 2.07. The van der Waals surface area contributed by atoms with Crippen molar-refractivity contribution in [3.05, 3.63) is 35.4 Å². The van der Waals surface area contributed by atoms with E-state index in [1.165, 1.54) is 11.1 Å². The topological polar surface area (TPSA) is 46.3 Å². The second-order valence-corrected chi connectivity index (χ2v) is 4.45. The maximum absolute atomic E-state index is 10.8. The molecular formula is C13H18N2O. The number of amides is 1. The van der Waals surface area contributed by atoms with Crippen LogP contribution in [0.2, 0.25) is 0 Å². The number of nitrogens with zero attached hydrogens (tertiary/aromatic N) is 1. The Balaban J connectivity index is 2.04. The summed E-state index contributed by atoms with van der Waals surface area (Å²) < 4.78 is 0. The minimum atomic E-state index is -0.224. The lowest BCUT2D eigenvalue weighted by Crippen LogP contribution is -2.27. The third-order valence-electron chi connectivity index (χ3n) is 3.34. The van der Waals surface area contributed by atoms with E-state index >= 15 is 0 Å². The molecule has 3 heteroatoms. The molecule has 0 saturated heterocycles. The largest absolute Gasteiger partial charge is 0.370 e. The van der Waals surface area contributed by atoms with Crippen LogP contribution in [0.15, 0.2) is 24.3 Å². The fourth-order valence-corrected chi connectivity index (χ4v) is 2.43. The molecule has 1 aromatic carbocycles. The second kappa shape index (κ2) is 4.66. The van der Waals surface area contributed by atoms with Gasteiger partial charge in [-0.2, -0.15) is 0 Å². The molecule has 1 aliphatic carbocycles. The van der Waals surface area contributed by atoms with Crippen molar-refractivity contribution in [3.8, 4) is 0 Å². The number of aryl methyl sites for hydroxylation is 1. The van der Waals surface area contributed by atoms with Gasteiger partial charge in [0, 0.05) is 19.0 Å². The molecule has 1 amide bonds. The standard InChI is InChI=1S/C13H18N2O/c1-15(9-8-13(14)16)12-7-6-10-4-2-3-5-11(10)12/h2-5,12H,6-9H2,1H3,(H2,14,16)/t12-/m1/s1. The van der Waals surface area contributed by atoms with E-state index in [2.05, 4.69) is 36.2 Å². The molecule has 0 radical (unpaired) electrons. The normalized spacial score (nSPS) is 18.8. The summed E-state index contributed by atoms with van der Waals surface area (Å²) in [6, 6.07) is 9.00. The van der Waals surface area contributed by atoms with Gasteiger partial charge in [0.25, 0.3) is 0 Å². The molecule has 0 spiro atoms. The number of carbonyl (C=O) groups excluding carboxylic acids is 1. The first kappa shape index (κ1) is 11.1. The Morgan fingerprint density at radius 2 is 2.25 bits per heavy atom. The molecule has 3 nitrogen and oxygen atoms in total. The smallest absolute Gasteiger partial charge is 0.218 e. The summed E-state index contributed by atoms with van der Waals surface area (Å²) in [6.07, 6.45) is 2.73. The molecule has 0 aromatic heterocycles. The maximum atomic E-state index is 10.8. The molecule has 86 valence electrons. The SMILES string of the molecule is CN(CCC(N)=O)[C@@H]1CCc2ccccc21. The van der Waals surface area contributed by atoms with Crippen molar-refractivity contribution in [1.29, 1.82) is 0 Å². The van der Waals surface area contributed by atoms with Crippen molar-refractivity contribution in [3.63, 3.8) is 0 Å². The highest BCUT2D eigenvalue weighted by atomic mass is 16.1. The Morgan fingerprint density at radius 1 is 1.50 bits per heavy atom. The molecule has 0 aliphatic heterocycles. The Morgan fingerprint density at radius 3 is 3.00 bits per heavy atom. The van der Waals surface area contributed by atoms with E-state index in [1.54, 1.807) is 0 Å². The van der Waals surface area contributed by atoms with Gasteiger partial charge in [-0.3, -0.25) is 9.69 Å².